The summed E-state index contributed by atoms with van der Waals surface area (Å²) in [5.74, 6) is 0. The zero-order valence-corrected chi connectivity index (χ0v) is 10.3. The molecule has 0 unspecified atom stereocenters. The molecule has 0 aliphatic rings. The van der Waals surface area contributed by atoms with Gasteiger partial charge < -0.3 is 0 Å². The Kier molecular flexibility index (Phi) is 7.24. The fourth-order valence-electron chi connectivity index (χ4n) is 0. The molecular formula is I3Te+. The van der Waals surface area contributed by atoms with Crippen LogP contribution in [0.25, 0.3) is 0 Å². The first-order valence-electron chi connectivity index (χ1n) is 0.463. The quantitative estimate of drug-likeness (QED) is 0.348. The van der Waals surface area contributed by atoms with E-state index in [1.165, 1.54) is 0 Å². The average molecular weight is 508 g/mol. The summed E-state index contributed by atoms with van der Waals surface area (Å²) in [6.07, 6.45) is 0. The van der Waals surface area contributed by atoms with Crippen LogP contribution < -0.4 is 0 Å². The van der Waals surface area contributed by atoms with Gasteiger partial charge in [0, 0.05) is 0 Å². The predicted molar refractivity (Wildman–Crippen MR) is 47.8 cm³/mol. The van der Waals surface area contributed by atoms with Gasteiger partial charge in [-0.1, -0.05) is 0 Å². The van der Waals surface area contributed by atoms with E-state index in [9.17, 15) is 0 Å². The van der Waals surface area contributed by atoms with Crippen molar-refractivity contribution < 1.29 is 0 Å². The van der Waals surface area contributed by atoms with E-state index in [4.69, 9.17) is 0 Å². The van der Waals surface area contributed by atoms with Crippen molar-refractivity contribution in [3.63, 3.8) is 0 Å². The van der Waals surface area contributed by atoms with Crippen LogP contribution in [0.5, 0.6) is 0 Å². The first kappa shape index (κ1) is 6.98. The molecule has 0 heterocycles. The van der Waals surface area contributed by atoms with Crippen LogP contribution in [-0.2, 0) is 0 Å². The summed E-state index contributed by atoms with van der Waals surface area (Å²) in [5.41, 5.74) is 0. The third kappa shape index (κ3) is 8.88. The normalized spacial score (nSPS) is 9.00. The Morgan fingerprint density at radius 2 is 1.00 bits per heavy atom. The summed E-state index contributed by atoms with van der Waals surface area (Å²) in [4.78, 5) is 0. The fourth-order valence-corrected chi connectivity index (χ4v) is 0. The predicted octanol–water partition coefficient (Wildman–Crippen LogP) is 2.28. The Labute approximate surface area is 61.9 Å². The van der Waals surface area contributed by atoms with E-state index in [1.807, 2.05) is 0 Å². The van der Waals surface area contributed by atoms with E-state index in [-0.39, 0.29) is 0 Å². The van der Waals surface area contributed by atoms with Crippen LogP contribution >= 0.6 is 56.1 Å². The van der Waals surface area contributed by atoms with Crippen molar-refractivity contribution in [2.45, 2.75) is 0 Å². The van der Waals surface area contributed by atoms with E-state index in [0.29, 0.717) is 0 Å². The van der Waals surface area contributed by atoms with E-state index in [2.05, 4.69) is 56.1 Å². The third-order valence-corrected chi connectivity index (χ3v) is 0. The zero-order chi connectivity index (χ0) is 3.58. The molecule has 0 aromatic rings. The third-order valence-electron chi connectivity index (χ3n) is 0. The Bertz CT molecular complexity index is 8.00. The monoisotopic (exact) mass is 511 g/mol. The van der Waals surface area contributed by atoms with Crippen LogP contribution in [0, 0.1) is 0 Å². The molecule has 0 atom stereocenters. The van der Waals surface area contributed by atoms with Gasteiger partial charge >= 0.3 is 63.8 Å². The van der Waals surface area contributed by atoms with Gasteiger partial charge in [0.25, 0.3) is 0 Å². The van der Waals surface area contributed by atoms with Crippen molar-refractivity contribution in [3.05, 3.63) is 0 Å². The zero-order valence-electron chi connectivity index (χ0n) is 1.54. The fraction of sp³-hybridized carbons (Fsp3) is 0. The summed E-state index contributed by atoms with van der Waals surface area (Å²) in [7, 11) is -0.447. The van der Waals surface area contributed by atoms with Crippen molar-refractivity contribution in [1.82, 2.24) is 0 Å². The van der Waals surface area contributed by atoms with Crippen molar-refractivity contribution in [2.24, 2.45) is 0 Å². The minimum absolute atomic E-state index is 0.447. The number of hydrogen-bond acceptors (Lipinski definition) is 0. The molecule has 4 heteroatoms. The number of halogens is 3. The molecule has 0 aromatic heterocycles. The van der Waals surface area contributed by atoms with E-state index >= 15 is 0 Å². The molecule has 4 heavy (non-hydrogen) atoms. The Morgan fingerprint density at radius 1 is 1.00 bits per heavy atom. The van der Waals surface area contributed by atoms with Gasteiger partial charge in [0.1, 0.15) is 0 Å². The van der Waals surface area contributed by atoms with E-state index < -0.39 is 7.72 Å². The van der Waals surface area contributed by atoms with Gasteiger partial charge in [0.15, 0.2) is 0 Å². The van der Waals surface area contributed by atoms with Crippen molar-refractivity contribution in [2.75, 3.05) is 0 Å². The summed E-state index contributed by atoms with van der Waals surface area (Å²) >= 11 is 7.46. The van der Waals surface area contributed by atoms with Crippen LogP contribution in [0.2, 0.25) is 0 Å². The molecule has 0 amide bonds. The van der Waals surface area contributed by atoms with Crippen molar-refractivity contribution in [3.8, 4) is 0 Å². The molecule has 0 spiro atoms. The van der Waals surface area contributed by atoms with E-state index in [1.54, 1.807) is 0 Å². The maximum absolute atomic E-state index is 2.49. The van der Waals surface area contributed by atoms with E-state index in [0.717, 1.165) is 0 Å². The first-order chi connectivity index (χ1) is 1.73. The van der Waals surface area contributed by atoms with Gasteiger partial charge in [-0.25, -0.2) is 0 Å². The SMILES string of the molecule is I[Te+](I)I. The summed E-state index contributed by atoms with van der Waals surface area (Å²) in [6, 6.07) is 0. The number of rotatable bonds is 0. The second-order valence-corrected chi connectivity index (χ2v) is 52.8. The molecule has 0 radical (unpaired) electrons. The van der Waals surface area contributed by atoms with Crippen LogP contribution in [0.15, 0.2) is 0 Å². The molecule has 0 nitrogen and oxygen atoms in total. The molecule has 0 saturated carbocycles. The van der Waals surface area contributed by atoms with Gasteiger partial charge in [0.05, 0.1) is 0 Å². The molecule has 0 aliphatic carbocycles. The summed E-state index contributed by atoms with van der Waals surface area (Å²) in [6.45, 7) is 0. The first-order valence-corrected chi connectivity index (χ1v) is 20.8. The number of hydrogen-bond donors (Lipinski definition) is 0. The second kappa shape index (κ2) is 4.15. The summed E-state index contributed by atoms with van der Waals surface area (Å²) in [5, 5.41) is 0. The molecule has 0 rings (SSSR count). The van der Waals surface area contributed by atoms with Crippen molar-refractivity contribution >= 4 is 63.8 Å². The second-order valence-electron chi connectivity index (χ2n) is 0.175. The Hall–Kier alpha value is 2.98. The molecule has 0 aliphatic heterocycles. The van der Waals surface area contributed by atoms with Crippen LogP contribution in [0.4, 0.5) is 0 Å². The molecule has 0 N–H and O–H groups in total. The average Bonchev–Trinajstić information content (AvgIpc) is 0.811. The minimum atomic E-state index is -0.447. The Morgan fingerprint density at radius 3 is 1.00 bits per heavy atom. The van der Waals surface area contributed by atoms with Crippen LogP contribution in [0.1, 0.15) is 0 Å². The molecule has 0 bridgehead atoms. The van der Waals surface area contributed by atoms with Crippen LogP contribution in [0.3, 0.4) is 0 Å². The molecule has 0 aromatic carbocycles. The topological polar surface area (TPSA) is 0 Å². The van der Waals surface area contributed by atoms with Crippen molar-refractivity contribution in [1.29, 1.82) is 0 Å². The van der Waals surface area contributed by atoms with Gasteiger partial charge in [-0.05, 0) is 0 Å². The Balaban J connectivity index is 2.32. The van der Waals surface area contributed by atoms with Gasteiger partial charge in [0.2, 0.25) is 0 Å². The van der Waals surface area contributed by atoms with Gasteiger partial charge in [-0.15, -0.1) is 0 Å². The molecule has 0 saturated heterocycles. The standard InChI is InChI=1S/I3Te/c1-4(2)3/q+1. The summed E-state index contributed by atoms with van der Waals surface area (Å²) < 4.78 is 0. The molecule has 26 valence electrons. The van der Waals surface area contributed by atoms with Crippen LogP contribution in [-0.4, -0.2) is 7.72 Å². The van der Waals surface area contributed by atoms with Gasteiger partial charge in [-0.3, -0.25) is 0 Å². The maximum atomic E-state index is 2.49. The van der Waals surface area contributed by atoms with Gasteiger partial charge in [-0.2, -0.15) is 0 Å². The molecule has 0 fully saturated rings. The molecular weight excluding hydrogens is 508 g/mol.